The summed E-state index contributed by atoms with van der Waals surface area (Å²) < 4.78 is 16.7. The molecule has 34 heavy (non-hydrogen) atoms. The molecule has 0 aliphatic carbocycles. The smallest absolute Gasteiger partial charge is 0.251 e. The third kappa shape index (κ3) is 4.32. The summed E-state index contributed by atoms with van der Waals surface area (Å²) in [6, 6.07) is 22.7. The van der Waals surface area contributed by atoms with Gasteiger partial charge in [0.25, 0.3) is 5.91 Å². The molecule has 1 aromatic heterocycles. The van der Waals surface area contributed by atoms with Crippen LogP contribution in [-0.2, 0) is 0 Å². The van der Waals surface area contributed by atoms with Crippen molar-refractivity contribution < 1.29 is 19.0 Å². The first kappa shape index (κ1) is 21.6. The molecule has 1 aliphatic heterocycles. The van der Waals surface area contributed by atoms with Crippen LogP contribution in [0.25, 0.3) is 22.5 Å². The molecule has 1 unspecified atom stereocenters. The van der Waals surface area contributed by atoms with Crippen LogP contribution in [0.3, 0.4) is 0 Å². The molecule has 0 bridgehead atoms. The lowest BCUT2D eigenvalue weighted by Crippen LogP contribution is -2.26. The Morgan fingerprint density at radius 1 is 1.03 bits per heavy atom. The molecule has 0 spiro atoms. The number of hydrogen-bond acceptors (Lipinski definition) is 5. The van der Waals surface area contributed by atoms with Crippen LogP contribution < -0.4 is 19.5 Å². The van der Waals surface area contributed by atoms with Crippen LogP contribution in [0.5, 0.6) is 17.2 Å². The maximum atomic E-state index is 12.7. The maximum Gasteiger partial charge on any atom is 0.251 e. The molecule has 2 heterocycles. The number of fused-ring (bicyclic) bond motifs is 1. The largest absolute Gasteiger partial charge is 0.497 e. The number of ether oxygens (including phenoxy) is 3. The van der Waals surface area contributed by atoms with E-state index < -0.39 is 0 Å². The third-order valence-corrected chi connectivity index (χ3v) is 5.84. The van der Waals surface area contributed by atoms with E-state index in [1.54, 1.807) is 19.2 Å². The molecular formula is C27H25N3O4. The van der Waals surface area contributed by atoms with Gasteiger partial charge >= 0.3 is 0 Å². The van der Waals surface area contributed by atoms with Crippen molar-refractivity contribution in [1.29, 1.82) is 0 Å². The summed E-state index contributed by atoms with van der Waals surface area (Å²) >= 11 is 0. The zero-order chi connectivity index (χ0) is 23.5. The molecule has 2 N–H and O–H groups in total. The maximum absolute atomic E-state index is 12.7. The fraction of sp³-hybridized carbons (Fsp3) is 0.185. The van der Waals surface area contributed by atoms with E-state index in [-0.39, 0.29) is 11.9 Å². The van der Waals surface area contributed by atoms with Gasteiger partial charge < -0.3 is 19.5 Å². The minimum absolute atomic E-state index is 0.130. The molecule has 1 amide bonds. The zero-order valence-electron chi connectivity index (χ0n) is 19.0. The summed E-state index contributed by atoms with van der Waals surface area (Å²) in [5, 5.41) is 10.6. The monoisotopic (exact) mass is 455 g/mol. The van der Waals surface area contributed by atoms with Gasteiger partial charge in [-0.1, -0.05) is 30.3 Å². The molecule has 7 heteroatoms. The Morgan fingerprint density at radius 3 is 2.56 bits per heavy atom. The van der Waals surface area contributed by atoms with Gasteiger partial charge in [-0.3, -0.25) is 9.89 Å². The van der Waals surface area contributed by atoms with E-state index in [4.69, 9.17) is 14.2 Å². The second-order valence-corrected chi connectivity index (χ2v) is 8.04. The van der Waals surface area contributed by atoms with Gasteiger partial charge in [0.05, 0.1) is 24.5 Å². The van der Waals surface area contributed by atoms with Gasteiger partial charge in [-0.2, -0.15) is 5.10 Å². The Hall–Kier alpha value is -4.26. The van der Waals surface area contributed by atoms with Gasteiger partial charge in [-0.05, 0) is 55.0 Å². The van der Waals surface area contributed by atoms with Crippen molar-refractivity contribution in [3.05, 3.63) is 83.9 Å². The normalized spacial score (nSPS) is 13.2. The Morgan fingerprint density at radius 2 is 1.79 bits per heavy atom. The Bertz CT molecular complexity index is 1300. The number of benzene rings is 3. The number of para-hydroxylation sites is 1. The first-order valence-electron chi connectivity index (χ1n) is 11.1. The lowest BCUT2D eigenvalue weighted by Gasteiger charge is -2.20. The lowest BCUT2D eigenvalue weighted by molar-refractivity contribution is 0.0940. The van der Waals surface area contributed by atoms with Gasteiger partial charge in [0.1, 0.15) is 19.0 Å². The third-order valence-electron chi connectivity index (χ3n) is 5.84. The summed E-state index contributed by atoms with van der Waals surface area (Å²) in [7, 11) is 1.63. The summed E-state index contributed by atoms with van der Waals surface area (Å²) in [5.74, 6) is 2.11. The van der Waals surface area contributed by atoms with E-state index in [0.717, 1.165) is 45.3 Å². The molecule has 5 rings (SSSR count). The topological polar surface area (TPSA) is 85.5 Å². The zero-order valence-corrected chi connectivity index (χ0v) is 19.0. The van der Waals surface area contributed by atoms with Crippen molar-refractivity contribution in [3.8, 4) is 39.8 Å². The average molecular weight is 456 g/mol. The predicted octanol–water partition coefficient (Wildman–Crippen LogP) is 5.01. The molecule has 7 nitrogen and oxygen atoms in total. The number of H-pyrrole nitrogens is 1. The Labute approximate surface area is 197 Å². The van der Waals surface area contributed by atoms with Crippen LogP contribution in [0.15, 0.2) is 72.8 Å². The number of aromatic amines is 1. The molecule has 1 atom stereocenters. The van der Waals surface area contributed by atoms with E-state index in [0.29, 0.717) is 18.8 Å². The van der Waals surface area contributed by atoms with Crippen molar-refractivity contribution in [3.63, 3.8) is 0 Å². The number of hydrogen-bond donors (Lipinski definition) is 2. The number of amides is 1. The highest BCUT2D eigenvalue weighted by molar-refractivity contribution is 5.95. The van der Waals surface area contributed by atoms with Gasteiger partial charge in [0.15, 0.2) is 11.5 Å². The van der Waals surface area contributed by atoms with Crippen molar-refractivity contribution in [2.45, 2.75) is 13.0 Å². The van der Waals surface area contributed by atoms with Gasteiger partial charge in [0.2, 0.25) is 0 Å². The summed E-state index contributed by atoms with van der Waals surface area (Å²) in [6.45, 7) is 3.02. The van der Waals surface area contributed by atoms with Crippen LogP contribution in [0.2, 0.25) is 0 Å². The van der Waals surface area contributed by atoms with E-state index in [1.807, 2.05) is 67.6 Å². The fourth-order valence-electron chi connectivity index (χ4n) is 3.94. The number of carbonyl (C=O) groups is 1. The van der Waals surface area contributed by atoms with Crippen LogP contribution in [-0.4, -0.2) is 36.4 Å². The minimum Gasteiger partial charge on any atom is -0.497 e. The number of rotatable bonds is 6. The first-order valence-corrected chi connectivity index (χ1v) is 11.1. The molecule has 1 aliphatic rings. The Kier molecular flexibility index (Phi) is 5.91. The van der Waals surface area contributed by atoms with Gasteiger partial charge in [-0.15, -0.1) is 0 Å². The summed E-state index contributed by atoms with van der Waals surface area (Å²) in [6.07, 6.45) is 0. The first-order chi connectivity index (χ1) is 16.6. The van der Waals surface area contributed by atoms with Crippen molar-refractivity contribution >= 4 is 5.91 Å². The second kappa shape index (κ2) is 9.31. The van der Waals surface area contributed by atoms with Crippen LogP contribution in [0.4, 0.5) is 0 Å². The number of aromatic nitrogens is 2. The fourth-order valence-corrected chi connectivity index (χ4v) is 3.94. The lowest BCUT2D eigenvalue weighted by atomic mass is 10.1. The van der Waals surface area contributed by atoms with Crippen molar-refractivity contribution in [1.82, 2.24) is 15.5 Å². The molecule has 0 saturated heterocycles. The molecule has 0 radical (unpaired) electrons. The highest BCUT2D eigenvalue weighted by atomic mass is 16.6. The summed E-state index contributed by atoms with van der Waals surface area (Å²) in [4.78, 5) is 12.7. The van der Waals surface area contributed by atoms with Gasteiger partial charge in [-0.25, -0.2) is 0 Å². The molecule has 0 saturated carbocycles. The van der Waals surface area contributed by atoms with Crippen molar-refractivity contribution in [2.75, 3.05) is 20.3 Å². The SMILES string of the molecule is COc1ccc(C(C)NC(=O)c2ccc(-c3cc(-c4cccc5c4OCCO5)[nH]n3)cc2)cc1. The molecule has 0 fully saturated rings. The summed E-state index contributed by atoms with van der Waals surface area (Å²) in [5.41, 5.74) is 5.02. The van der Waals surface area contributed by atoms with Crippen LogP contribution in [0, 0.1) is 0 Å². The minimum atomic E-state index is -0.134. The quantitative estimate of drug-likeness (QED) is 0.427. The van der Waals surface area contributed by atoms with Gasteiger partial charge in [0, 0.05) is 16.7 Å². The second-order valence-electron chi connectivity index (χ2n) is 8.04. The predicted molar refractivity (Wildman–Crippen MR) is 129 cm³/mol. The number of methoxy groups -OCH3 is 1. The molecule has 172 valence electrons. The van der Waals surface area contributed by atoms with E-state index >= 15 is 0 Å². The standard InChI is InChI=1S/C27H25N3O4/c1-17(18-10-12-21(32-2)13-11-18)28-27(31)20-8-6-19(7-9-20)23-16-24(30-29-23)22-4-3-5-25-26(22)34-15-14-33-25/h3-13,16-17H,14-15H2,1-2H3,(H,28,31)(H,29,30). The number of carbonyl (C=O) groups excluding carboxylic acids is 1. The number of nitrogens with one attached hydrogen (secondary N) is 2. The van der Waals surface area contributed by atoms with Crippen molar-refractivity contribution in [2.24, 2.45) is 0 Å². The van der Waals surface area contributed by atoms with Crippen LogP contribution >= 0.6 is 0 Å². The van der Waals surface area contributed by atoms with E-state index in [1.165, 1.54) is 0 Å². The van der Waals surface area contributed by atoms with E-state index in [9.17, 15) is 4.79 Å². The van der Waals surface area contributed by atoms with E-state index in [2.05, 4.69) is 15.5 Å². The molecular weight excluding hydrogens is 430 g/mol. The highest BCUT2D eigenvalue weighted by Gasteiger charge is 2.19. The molecule has 4 aromatic rings. The highest BCUT2D eigenvalue weighted by Crippen LogP contribution is 2.39. The average Bonchev–Trinajstić information content (AvgIpc) is 3.38. The Balaban J connectivity index is 1.29. The molecule has 3 aromatic carbocycles. The van der Waals surface area contributed by atoms with Crippen LogP contribution in [0.1, 0.15) is 28.9 Å². The number of nitrogens with zero attached hydrogens (tertiary/aromatic N) is 1.